The first-order chi connectivity index (χ1) is 14.7. The van der Waals surface area contributed by atoms with Crippen molar-refractivity contribution in [2.24, 2.45) is 0 Å². The van der Waals surface area contributed by atoms with Gasteiger partial charge in [-0.05, 0) is 61.9 Å². The lowest BCUT2D eigenvalue weighted by Gasteiger charge is -2.45. The second-order valence-corrected chi connectivity index (χ2v) is 8.76. The summed E-state index contributed by atoms with van der Waals surface area (Å²) < 4.78 is 5.63. The molecule has 1 atom stereocenters. The van der Waals surface area contributed by atoms with Gasteiger partial charge in [-0.1, -0.05) is 32.0 Å². The summed E-state index contributed by atoms with van der Waals surface area (Å²) >= 11 is 0. The number of amides is 1. The number of carbonyl (C=O) groups excluding carboxylic acids is 1. The second kappa shape index (κ2) is 8.85. The van der Waals surface area contributed by atoms with Gasteiger partial charge < -0.3 is 15.0 Å². The SMILES string of the molecule is CCc1ccccc1NC(=O)/C(C#N)=C/c1cc2c(cc1OC)N(C)C(C)(C)CC2C. The van der Waals surface area contributed by atoms with Crippen molar-refractivity contribution in [3.63, 3.8) is 0 Å². The second-order valence-electron chi connectivity index (χ2n) is 8.76. The van der Waals surface area contributed by atoms with Crippen molar-refractivity contribution in [1.29, 1.82) is 5.26 Å². The van der Waals surface area contributed by atoms with Crippen LogP contribution in [0.25, 0.3) is 6.08 Å². The van der Waals surface area contributed by atoms with Gasteiger partial charge in [0.1, 0.15) is 17.4 Å². The maximum Gasteiger partial charge on any atom is 0.266 e. The lowest BCUT2D eigenvalue weighted by atomic mass is 9.80. The molecule has 2 aromatic carbocycles. The van der Waals surface area contributed by atoms with Gasteiger partial charge in [0.25, 0.3) is 5.91 Å². The Morgan fingerprint density at radius 2 is 2.06 bits per heavy atom. The highest BCUT2D eigenvalue weighted by molar-refractivity contribution is 6.10. The van der Waals surface area contributed by atoms with E-state index < -0.39 is 5.91 Å². The van der Waals surface area contributed by atoms with Gasteiger partial charge in [0.05, 0.1) is 7.11 Å². The number of fused-ring (bicyclic) bond motifs is 1. The summed E-state index contributed by atoms with van der Waals surface area (Å²) in [4.78, 5) is 15.1. The van der Waals surface area contributed by atoms with E-state index in [1.165, 1.54) is 5.56 Å². The number of nitrogens with one attached hydrogen (secondary N) is 1. The number of nitrogens with zero attached hydrogens (tertiary/aromatic N) is 2. The van der Waals surface area contributed by atoms with Crippen LogP contribution < -0.4 is 15.0 Å². The quantitative estimate of drug-likeness (QED) is 0.513. The van der Waals surface area contributed by atoms with Gasteiger partial charge in [-0.15, -0.1) is 0 Å². The van der Waals surface area contributed by atoms with Crippen molar-refractivity contribution in [3.05, 3.63) is 58.7 Å². The summed E-state index contributed by atoms with van der Waals surface area (Å²) in [6.45, 7) is 8.72. The number of nitriles is 1. The third-order valence-corrected chi connectivity index (χ3v) is 6.30. The Morgan fingerprint density at radius 3 is 2.71 bits per heavy atom. The van der Waals surface area contributed by atoms with E-state index >= 15 is 0 Å². The average molecular weight is 418 g/mol. The number of hydrogen-bond donors (Lipinski definition) is 1. The molecule has 1 unspecified atom stereocenters. The van der Waals surface area contributed by atoms with Gasteiger partial charge in [0, 0.05) is 35.6 Å². The molecule has 0 saturated carbocycles. The Morgan fingerprint density at radius 1 is 1.35 bits per heavy atom. The Balaban J connectivity index is 2.00. The van der Waals surface area contributed by atoms with Gasteiger partial charge >= 0.3 is 0 Å². The maximum atomic E-state index is 12.9. The monoisotopic (exact) mass is 417 g/mol. The largest absolute Gasteiger partial charge is 0.496 e. The van der Waals surface area contributed by atoms with Gasteiger partial charge in [-0.3, -0.25) is 4.79 Å². The van der Waals surface area contributed by atoms with Crippen molar-refractivity contribution >= 4 is 23.4 Å². The van der Waals surface area contributed by atoms with Crippen molar-refractivity contribution in [2.75, 3.05) is 24.4 Å². The summed E-state index contributed by atoms with van der Waals surface area (Å²) in [6, 6.07) is 13.7. The Hall–Kier alpha value is -3.26. The third kappa shape index (κ3) is 4.44. The van der Waals surface area contributed by atoms with E-state index in [0.717, 1.165) is 35.3 Å². The van der Waals surface area contributed by atoms with E-state index in [4.69, 9.17) is 4.74 Å². The molecular weight excluding hydrogens is 386 g/mol. The molecule has 1 aliphatic heterocycles. The zero-order valence-electron chi connectivity index (χ0n) is 19.2. The molecule has 31 heavy (non-hydrogen) atoms. The lowest BCUT2D eigenvalue weighted by molar-refractivity contribution is -0.112. The average Bonchev–Trinajstić information content (AvgIpc) is 2.75. The molecule has 2 aromatic rings. The Kier molecular flexibility index (Phi) is 6.40. The van der Waals surface area contributed by atoms with Gasteiger partial charge in [0.2, 0.25) is 0 Å². The Labute approximate surface area is 185 Å². The fraction of sp³-hybridized carbons (Fsp3) is 0.385. The molecule has 1 N–H and O–H groups in total. The van der Waals surface area contributed by atoms with Crippen LogP contribution in [-0.4, -0.2) is 25.6 Å². The molecule has 0 bridgehead atoms. The standard InChI is InChI=1S/C26H31N3O2/c1-7-18-10-8-9-11-22(18)28-25(30)20(16-27)12-19-13-21-17(2)15-26(3,4)29(5)23(21)14-24(19)31-6/h8-14,17H,7,15H2,1-6H3,(H,28,30)/b20-12+. The summed E-state index contributed by atoms with van der Waals surface area (Å²) in [7, 11) is 3.71. The van der Waals surface area contributed by atoms with E-state index in [0.29, 0.717) is 11.7 Å². The summed E-state index contributed by atoms with van der Waals surface area (Å²) in [5.74, 6) is 0.578. The fourth-order valence-electron chi connectivity index (χ4n) is 4.34. The predicted molar refractivity (Wildman–Crippen MR) is 127 cm³/mol. The van der Waals surface area contributed by atoms with Crippen LogP contribution in [0.2, 0.25) is 0 Å². The fourth-order valence-corrected chi connectivity index (χ4v) is 4.34. The first-order valence-electron chi connectivity index (χ1n) is 10.7. The summed E-state index contributed by atoms with van der Waals surface area (Å²) in [6.07, 6.45) is 3.43. The Bertz CT molecular complexity index is 1060. The molecule has 0 radical (unpaired) electrons. The minimum Gasteiger partial charge on any atom is -0.496 e. The molecular formula is C26H31N3O2. The van der Waals surface area contributed by atoms with Gasteiger partial charge in [-0.2, -0.15) is 5.26 Å². The van der Waals surface area contributed by atoms with E-state index in [9.17, 15) is 10.1 Å². The molecule has 0 saturated heterocycles. The number of para-hydroxylation sites is 1. The highest BCUT2D eigenvalue weighted by Gasteiger charge is 2.34. The number of hydrogen-bond acceptors (Lipinski definition) is 4. The van der Waals surface area contributed by atoms with E-state index in [1.807, 2.05) is 37.3 Å². The molecule has 162 valence electrons. The summed E-state index contributed by atoms with van der Waals surface area (Å²) in [5, 5.41) is 12.6. The van der Waals surface area contributed by atoms with Gasteiger partial charge in [0.15, 0.2) is 0 Å². The number of carbonyl (C=O) groups is 1. The molecule has 1 aliphatic rings. The molecule has 0 aromatic heterocycles. The van der Waals surface area contributed by atoms with Crippen LogP contribution in [0.3, 0.4) is 0 Å². The van der Waals surface area contributed by atoms with E-state index in [2.05, 4.69) is 50.2 Å². The van der Waals surface area contributed by atoms with Crippen molar-refractivity contribution in [1.82, 2.24) is 0 Å². The molecule has 5 nitrogen and oxygen atoms in total. The van der Waals surface area contributed by atoms with Crippen LogP contribution in [-0.2, 0) is 11.2 Å². The number of benzene rings is 2. The van der Waals surface area contributed by atoms with Crippen LogP contribution >= 0.6 is 0 Å². The van der Waals surface area contributed by atoms with E-state index in [-0.39, 0.29) is 11.1 Å². The normalized spacial score (nSPS) is 17.5. The topological polar surface area (TPSA) is 65.4 Å². The molecule has 5 heteroatoms. The zero-order valence-corrected chi connectivity index (χ0v) is 19.2. The van der Waals surface area contributed by atoms with Gasteiger partial charge in [-0.25, -0.2) is 0 Å². The zero-order chi connectivity index (χ0) is 22.8. The smallest absolute Gasteiger partial charge is 0.266 e. The first-order valence-corrected chi connectivity index (χ1v) is 10.7. The molecule has 1 amide bonds. The molecule has 0 spiro atoms. The minimum absolute atomic E-state index is 0.0408. The number of rotatable bonds is 5. The molecule has 1 heterocycles. The van der Waals surface area contributed by atoms with Crippen molar-refractivity contribution in [2.45, 2.75) is 52.0 Å². The van der Waals surface area contributed by atoms with Crippen LogP contribution in [0.15, 0.2) is 42.0 Å². The van der Waals surface area contributed by atoms with Crippen LogP contribution in [0.4, 0.5) is 11.4 Å². The first kappa shape index (κ1) is 22.4. The number of methoxy groups -OCH3 is 1. The van der Waals surface area contributed by atoms with Crippen LogP contribution in [0, 0.1) is 11.3 Å². The number of anilines is 2. The summed E-state index contributed by atoms with van der Waals surface area (Å²) in [5.41, 5.74) is 4.89. The third-order valence-electron chi connectivity index (χ3n) is 6.30. The number of aryl methyl sites for hydroxylation is 1. The predicted octanol–water partition coefficient (Wildman–Crippen LogP) is 5.53. The van der Waals surface area contributed by atoms with E-state index in [1.54, 1.807) is 13.2 Å². The molecule has 3 rings (SSSR count). The maximum absolute atomic E-state index is 12.9. The van der Waals surface area contributed by atoms with Crippen LogP contribution in [0.5, 0.6) is 5.75 Å². The van der Waals surface area contributed by atoms with Crippen LogP contribution in [0.1, 0.15) is 56.7 Å². The highest BCUT2D eigenvalue weighted by atomic mass is 16.5. The highest BCUT2D eigenvalue weighted by Crippen LogP contribution is 2.45. The molecule has 0 fully saturated rings. The van der Waals surface area contributed by atoms with Crippen molar-refractivity contribution < 1.29 is 9.53 Å². The lowest BCUT2D eigenvalue weighted by Crippen LogP contribution is -2.45. The minimum atomic E-state index is -0.422. The molecule has 0 aliphatic carbocycles. The number of ether oxygens (including phenoxy) is 1. The van der Waals surface area contributed by atoms with Crippen molar-refractivity contribution in [3.8, 4) is 11.8 Å².